The van der Waals surface area contributed by atoms with E-state index in [2.05, 4.69) is 4.98 Å². The molecule has 1 aromatic rings. The van der Waals surface area contributed by atoms with Gasteiger partial charge in [-0.1, -0.05) is 6.92 Å². The van der Waals surface area contributed by atoms with Crippen LogP contribution < -0.4 is 0 Å². The summed E-state index contributed by atoms with van der Waals surface area (Å²) >= 11 is 1.60. The Hall–Kier alpha value is -0.960. The molecule has 0 amide bonds. The summed E-state index contributed by atoms with van der Waals surface area (Å²) in [6.07, 6.45) is 6.74. The van der Waals surface area contributed by atoms with Crippen LogP contribution in [-0.4, -0.2) is 10.8 Å². The zero-order valence-electron chi connectivity index (χ0n) is 7.91. The molecule has 2 nitrogen and oxygen atoms in total. The van der Waals surface area contributed by atoms with E-state index in [1.807, 2.05) is 20.0 Å². The highest BCUT2D eigenvalue weighted by atomic mass is 32.1. The van der Waals surface area contributed by atoms with E-state index in [1.165, 1.54) is 4.88 Å². The first-order chi connectivity index (χ1) is 6.22. The van der Waals surface area contributed by atoms with E-state index in [-0.39, 0.29) is 5.78 Å². The number of aromatic nitrogens is 1. The molecule has 13 heavy (non-hydrogen) atoms. The minimum Gasteiger partial charge on any atom is -0.295 e. The van der Waals surface area contributed by atoms with Crippen LogP contribution >= 0.6 is 11.3 Å². The summed E-state index contributed by atoms with van der Waals surface area (Å²) in [6, 6.07) is 0. The molecular weight excluding hydrogens is 182 g/mol. The molecule has 3 heteroatoms. The van der Waals surface area contributed by atoms with Crippen molar-refractivity contribution in [1.82, 2.24) is 4.98 Å². The van der Waals surface area contributed by atoms with Crippen molar-refractivity contribution >= 4 is 23.2 Å². The van der Waals surface area contributed by atoms with Gasteiger partial charge in [0, 0.05) is 17.5 Å². The van der Waals surface area contributed by atoms with Crippen molar-refractivity contribution in [2.45, 2.75) is 26.7 Å². The summed E-state index contributed by atoms with van der Waals surface area (Å²) in [5.74, 6) is 0.176. The molecule has 0 aliphatic rings. The largest absolute Gasteiger partial charge is 0.295 e. The van der Waals surface area contributed by atoms with E-state index < -0.39 is 0 Å². The Morgan fingerprint density at radius 3 is 3.00 bits per heavy atom. The van der Waals surface area contributed by atoms with Crippen LogP contribution in [0, 0.1) is 6.92 Å². The monoisotopic (exact) mass is 195 g/mol. The summed E-state index contributed by atoms with van der Waals surface area (Å²) < 4.78 is 0. The molecule has 1 heterocycles. The highest BCUT2D eigenvalue weighted by Gasteiger charge is 1.95. The lowest BCUT2D eigenvalue weighted by Crippen LogP contribution is -1.89. The quantitative estimate of drug-likeness (QED) is 0.691. The SMILES string of the molecule is CCCC(=O)/C=C/c1ncc(C)s1. The van der Waals surface area contributed by atoms with Crippen LogP contribution in [0.15, 0.2) is 12.3 Å². The third kappa shape index (κ3) is 3.51. The topological polar surface area (TPSA) is 30.0 Å². The van der Waals surface area contributed by atoms with Crippen LogP contribution in [0.2, 0.25) is 0 Å². The maximum atomic E-state index is 11.1. The first-order valence-corrected chi connectivity index (χ1v) is 5.17. The Morgan fingerprint density at radius 2 is 2.46 bits per heavy atom. The third-order valence-electron chi connectivity index (χ3n) is 1.55. The molecular formula is C10H13NOS. The molecule has 0 atom stereocenters. The van der Waals surface area contributed by atoms with Crippen LogP contribution in [0.4, 0.5) is 0 Å². The van der Waals surface area contributed by atoms with Crippen LogP contribution in [0.5, 0.6) is 0 Å². The molecule has 0 aliphatic carbocycles. The van der Waals surface area contributed by atoms with Gasteiger partial charge in [-0.25, -0.2) is 4.98 Å². The smallest absolute Gasteiger partial charge is 0.155 e. The average molecular weight is 195 g/mol. The second kappa shape index (κ2) is 4.92. The summed E-state index contributed by atoms with van der Waals surface area (Å²) in [5, 5.41) is 0.905. The second-order valence-corrected chi connectivity index (χ2v) is 4.13. The molecule has 0 bridgehead atoms. The van der Waals surface area contributed by atoms with Gasteiger partial charge in [0.15, 0.2) is 5.78 Å². The van der Waals surface area contributed by atoms with Crippen molar-refractivity contribution in [2.75, 3.05) is 0 Å². The highest BCUT2D eigenvalue weighted by molar-refractivity contribution is 7.12. The van der Waals surface area contributed by atoms with Gasteiger partial charge in [-0.15, -0.1) is 11.3 Å². The maximum Gasteiger partial charge on any atom is 0.155 e. The molecule has 0 spiro atoms. The van der Waals surface area contributed by atoms with Crippen LogP contribution in [-0.2, 0) is 4.79 Å². The Balaban J connectivity index is 2.53. The number of carbonyl (C=O) groups excluding carboxylic acids is 1. The van der Waals surface area contributed by atoms with E-state index in [0.29, 0.717) is 6.42 Å². The lowest BCUT2D eigenvalue weighted by molar-refractivity contribution is -0.114. The van der Waals surface area contributed by atoms with Gasteiger partial charge in [0.05, 0.1) is 0 Å². The van der Waals surface area contributed by atoms with Crippen molar-refractivity contribution in [3.63, 3.8) is 0 Å². The molecule has 0 N–H and O–H groups in total. The predicted octanol–water partition coefficient (Wildman–Crippen LogP) is 2.83. The molecule has 0 fully saturated rings. The predicted molar refractivity (Wildman–Crippen MR) is 55.8 cm³/mol. The zero-order chi connectivity index (χ0) is 9.68. The number of nitrogens with zero attached hydrogens (tertiary/aromatic N) is 1. The van der Waals surface area contributed by atoms with Crippen molar-refractivity contribution in [3.8, 4) is 0 Å². The number of aryl methyl sites for hydroxylation is 1. The molecule has 0 saturated carbocycles. The summed E-state index contributed by atoms with van der Waals surface area (Å²) in [6.45, 7) is 4.00. The summed E-state index contributed by atoms with van der Waals surface area (Å²) in [7, 11) is 0. The lowest BCUT2D eigenvalue weighted by atomic mass is 10.2. The zero-order valence-corrected chi connectivity index (χ0v) is 8.73. The standard InChI is InChI=1S/C10H13NOS/c1-3-4-9(12)5-6-10-11-7-8(2)13-10/h5-7H,3-4H2,1-2H3/b6-5+. The van der Waals surface area contributed by atoms with Gasteiger partial charge in [0.1, 0.15) is 5.01 Å². The van der Waals surface area contributed by atoms with Crippen molar-refractivity contribution < 1.29 is 4.79 Å². The van der Waals surface area contributed by atoms with E-state index >= 15 is 0 Å². The fraction of sp³-hybridized carbons (Fsp3) is 0.400. The molecule has 0 aromatic carbocycles. The number of thiazole rings is 1. The third-order valence-corrected chi connectivity index (χ3v) is 2.43. The second-order valence-electron chi connectivity index (χ2n) is 2.86. The molecule has 0 saturated heterocycles. The Labute approximate surface area is 82.3 Å². The lowest BCUT2D eigenvalue weighted by Gasteiger charge is -1.87. The minimum absolute atomic E-state index is 0.176. The van der Waals surface area contributed by atoms with Gasteiger partial charge in [0.25, 0.3) is 0 Å². The van der Waals surface area contributed by atoms with Gasteiger partial charge in [-0.05, 0) is 25.5 Å². The van der Waals surface area contributed by atoms with E-state index in [1.54, 1.807) is 23.5 Å². The van der Waals surface area contributed by atoms with Gasteiger partial charge >= 0.3 is 0 Å². The summed E-state index contributed by atoms with van der Waals surface area (Å²) in [4.78, 5) is 16.4. The van der Waals surface area contributed by atoms with Gasteiger partial charge in [-0.3, -0.25) is 4.79 Å². The Bertz CT molecular complexity index is 314. The number of carbonyl (C=O) groups is 1. The number of ketones is 1. The highest BCUT2D eigenvalue weighted by Crippen LogP contribution is 2.12. The first-order valence-electron chi connectivity index (χ1n) is 4.35. The Morgan fingerprint density at radius 1 is 1.69 bits per heavy atom. The van der Waals surface area contributed by atoms with Crippen LogP contribution in [0.1, 0.15) is 29.7 Å². The molecule has 1 rings (SSSR count). The van der Waals surface area contributed by atoms with Gasteiger partial charge in [0.2, 0.25) is 0 Å². The van der Waals surface area contributed by atoms with Gasteiger partial charge < -0.3 is 0 Å². The molecule has 1 aromatic heterocycles. The van der Waals surface area contributed by atoms with Crippen LogP contribution in [0.25, 0.3) is 6.08 Å². The molecule has 0 radical (unpaired) electrons. The fourth-order valence-electron chi connectivity index (χ4n) is 0.943. The Kier molecular flexibility index (Phi) is 3.83. The number of hydrogen-bond donors (Lipinski definition) is 0. The van der Waals surface area contributed by atoms with E-state index in [4.69, 9.17) is 0 Å². The number of rotatable bonds is 4. The van der Waals surface area contributed by atoms with Crippen LogP contribution in [0.3, 0.4) is 0 Å². The van der Waals surface area contributed by atoms with E-state index in [9.17, 15) is 4.79 Å². The fourth-order valence-corrected chi connectivity index (χ4v) is 1.62. The average Bonchev–Trinajstić information content (AvgIpc) is 2.49. The van der Waals surface area contributed by atoms with Crippen molar-refractivity contribution in [3.05, 3.63) is 22.2 Å². The van der Waals surface area contributed by atoms with Crippen molar-refractivity contribution in [1.29, 1.82) is 0 Å². The number of hydrogen-bond acceptors (Lipinski definition) is 3. The number of allylic oxidation sites excluding steroid dienone is 1. The molecule has 0 aliphatic heterocycles. The van der Waals surface area contributed by atoms with E-state index in [0.717, 1.165) is 11.4 Å². The molecule has 0 unspecified atom stereocenters. The normalized spacial score (nSPS) is 10.9. The maximum absolute atomic E-state index is 11.1. The van der Waals surface area contributed by atoms with Gasteiger partial charge in [-0.2, -0.15) is 0 Å². The first kappa shape index (κ1) is 10.1. The minimum atomic E-state index is 0.176. The van der Waals surface area contributed by atoms with Crippen molar-refractivity contribution in [2.24, 2.45) is 0 Å². The molecule has 70 valence electrons. The summed E-state index contributed by atoms with van der Waals surface area (Å²) in [5.41, 5.74) is 0.